The number of alkyl carbamates (subject to hydrolysis) is 1. The highest BCUT2D eigenvalue weighted by Gasteiger charge is 2.50. The van der Waals surface area contributed by atoms with Crippen LogP contribution in [0.2, 0.25) is 0 Å². The molecule has 0 spiro atoms. The van der Waals surface area contributed by atoms with E-state index in [1.54, 1.807) is 24.3 Å². The number of hydrogen-bond acceptors (Lipinski definition) is 10. The molecular formula is C20H25NO10. The molecule has 0 aromatic heterocycles. The zero-order valence-electron chi connectivity index (χ0n) is 17.3. The summed E-state index contributed by atoms with van der Waals surface area (Å²) < 4.78 is 25.8. The number of aliphatic hydroxyl groups is 1. The van der Waals surface area contributed by atoms with E-state index >= 15 is 0 Å². The summed E-state index contributed by atoms with van der Waals surface area (Å²) in [6.07, 6.45) is -6.36. The van der Waals surface area contributed by atoms with E-state index < -0.39 is 54.6 Å². The molecule has 1 saturated heterocycles. The van der Waals surface area contributed by atoms with Gasteiger partial charge in [0.25, 0.3) is 0 Å². The number of rotatable bonds is 7. The van der Waals surface area contributed by atoms with Gasteiger partial charge in [0.05, 0.1) is 0 Å². The topological polar surface area (TPSA) is 147 Å². The summed E-state index contributed by atoms with van der Waals surface area (Å²) in [4.78, 5) is 46.7. The van der Waals surface area contributed by atoms with Crippen molar-refractivity contribution in [2.45, 2.75) is 58.0 Å². The van der Waals surface area contributed by atoms with Gasteiger partial charge in [-0.2, -0.15) is 0 Å². The quantitative estimate of drug-likeness (QED) is 0.453. The lowest BCUT2D eigenvalue weighted by molar-refractivity contribution is -0.264. The van der Waals surface area contributed by atoms with E-state index in [4.69, 9.17) is 23.7 Å². The molecule has 0 radical (unpaired) electrons. The molecule has 1 amide bonds. The van der Waals surface area contributed by atoms with Crippen LogP contribution in [0.4, 0.5) is 4.79 Å². The summed E-state index contributed by atoms with van der Waals surface area (Å²) in [7, 11) is 0. The van der Waals surface area contributed by atoms with Crippen LogP contribution in [-0.2, 0) is 44.7 Å². The average molecular weight is 439 g/mol. The predicted molar refractivity (Wildman–Crippen MR) is 102 cm³/mol. The van der Waals surface area contributed by atoms with Gasteiger partial charge in [0.1, 0.15) is 25.4 Å². The predicted octanol–water partition coefficient (Wildman–Crippen LogP) is 0.425. The molecule has 11 nitrogen and oxygen atoms in total. The lowest BCUT2D eigenvalue weighted by atomic mass is 9.96. The van der Waals surface area contributed by atoms with Crippen molar-refractivity contribution in [1.29, 1.82) is 0 Å². The summed E-state index contributed by atoms with van der Waals surface area (Å²) in [5.41, 5.74) is 0.730. The normalized spacial score (nSPS) is 25.1. The largest absolute Gasteiger partial charge is 0.463 e. The van der Waals surface area contributed by atoms with Gasteiger partial charge in [-0.1, -0.05) is 30.3 Å². The standard InChI is InChI=1S/C20H25NO10/c1-11(22)27-10-15-17(29-12(2)23)18(30-13(3)24)16(19(25)31-15)21-20(26)28-9-14-7-5-4-6-8-14/h4-8,15-19,25H,9-10H2,1-3H3,(H,21,26)/t15-,16-,17-,18-,19?/m1/s1. The van der Waals surface area contributed by atoms with Crippen molar-refractivity contribution < 1.29 is 48.0 Å². The van der Waals surface area contributed by atoms with Gasteiger partial charge in [-0.05, 0) is 5.56 Å². The Kier molecular flexibility index (Phi) is 8.76. The monoisotopic (exact) mass is 439 g/mol. The third kappa shape index (κ3) is 7.54. The molecule has 1 aromatic rings. The summed E-state index contributed by atoms with van der Waals surface area (Å²) >= 11 is 0. The lowest BCUT2D eigenvalue weighted by Crippen LogP contribution is -2.66. The molecule has 1 fully saturated rings. The molecule has 0 saturated carbocycles. The second kappa shape index (κ2) is 11.3. The minimum atomic E-state index is -1.68. The fourth-order valence-corrected chi connectivity index (χ4v) is 2.97. The second-order valence-corrected chi connectivity index (χ2v) is 6.75. The van der Waals surface area contributed by atoms with Crippen LogP contribution in [0.1, 0.15) is 26.3 Å². The van der Waals surface area contributed by atoms with Crippen LogP contribution in [0, 0.1) is 0 Å². The summed E-state index contributed by atoms with van der Waals surface area (Å²) in [5.74, 6) is -2.12. The second-order valence-electron chi connectivity index (χ2n) is 6.75. The van der Waals surface area contributed by atoms with Gasteiger partial charge < -0.3 is 34.1 Å². The van der Waals surface area contributed by atoms with Crippen molar-refractivity contribution in [2.75, 3.05) is 6.61 Å². The molecule has 1 aliphatic heterocycles. The zero-order valence-corrected chi connectivity index (χ0v) is 17.3. The molecule has 1 unspecified atom stereocenters. The molecule has 5 atom stereocenters. The molecule has 11 heteroatoms. The fraction of sp³-hybridized carbons (Fsp3) is 0.500. The Morgan fingerprint density at radius 1 is 0.935 bits per heavy atom. The van der Waals surface area contributed by atoms with Crippen molar-refractivity contribution in [1.82, 2.24) is 5.32 Å². The Labute approximate surface area is 178 Å². The number of ether oxygens (including phenoxy) is 5. The number of amides is 1. The Balaban J connectivity index is 2.16. The van der Waals surface area contributed by atoms with Crippen LogP contribution in [0.3, 0.4) is 0 Å². The maximum atomic E-state index is 12.3. The van der Waals surface area contributed by atoms with E-state index in [1.165, 1.54) is 0 Å². The Morgan fingerprint density at radius 2 is 1.55 bits per heavy atom. The first kappa shape index (κ1) is 24.1. The summed E-state index contributed by atoms with van der Waals surface area (Å²) in [6, 6.07) is 7.54. The number of esters is 3. The highest BCUT2D eigenvalue weighted by atomic mass is 16.7. The molecular weight excluding hydrogens is 414 g/mol. The third-order valence-electron chi connectivity index (χ3n) is 4.22. The lowest BCUT2D eigenvalue weighted by Gasteiger charge is -2.43. The van der Waals surface area contributed by atoms with Gasteiger partial charge in [-0.25, -0.2) is 4.79 Å². The number of benzene rings is 1. The van der Waals surface area contributed by atoms with Gasteiger partial charge in [0, 0.05) is 20.8 Å². The van der Waals surface area contributed by atoms with Gasteiger partial charge >= 0.3 is 24.0 Å². The number of hydrogen-bond donors (Lipinski definition) is 2. The molecule has 2 N–H and O–H groups in total. The maximum absolute atomic E-state index is 12.3. The molecule has 170 valence electrons. The van der Waals surface area contributed by atoms with Crippen molar-refractivity contribution in [3.63, 3.8) is 0 Å². The minimum Gasteiger partial charge on any atom is -0.463 e. The first-order valence-corrected chi connectivity index (χ1v) is 9.46. The molecule has 1 aromatic carbocycles. The first-order chi connectivity index (χ1) is 14.7. The Hall–Kier alpha value is -3.18. The van der Waals surface area contributed by atoms with E-state index in [-0.39, 0.29) is 13.2 Å². The number of nitrogens with one attached hydrogen (secondary N) is 1. The minimum absolute atomic E-state index is 0.0446. The van der Waals surface area contributed by atoms with Crippen molar-refractivity contribution in [3.8, 4) is 0 Å². The molecule has 0 bridgehead atoms. The summed E-state index contributed by atoms with van der Waals surface area (Å²) in [6.45, 7) is 2.97. The van der Waals surface area contributed by atoms with Crippen LogP contribution in [-0.4, -0.2) is 66.4 Å². The molecule has 31 heavy (non-hydrogen) atoms. The van der Waals surface area contributed by atoms with Crippen LogP contribution < -0.4 is 5.32 Å². The SMILES string of the molecule is CC(=O)OC[C@H]1OC(O)[C@H](NC(=O)OCc2ccccc2)[C@@H](OC(C)=O)[C@@H]1OC(C)=O. The van der Waals surface area contributed by atoms with Crippen molar-refractivity contribution in [2.24, 2.45) is 0 Å². The molecule has 1 aliphatic rings. The van der Waals surface area contributed by atoms with Crippen molar-refractivity contribution in [3.05, 3.63) is 35.9 Å². The van der Waals surface area contributed by atoms with Crippen LogP contribution in [0.5, 0.6) is 0 Å². The van der Waals surface area contributed by atoms with Crippen LogP contribution >= 0.6 is 0 Å². The Bertz CT molecular complexity index is 783. The van der Waals surface area contributed by atoms with Gasteiger partial charge in [0.2, 0.25) is 0 Å². The first-order valence-electron chi connectivity index (χ1n) is 9.46. The van der Waals surface area contributed by atoms with Gasteiger partial charge in [0.15, 0.2) is 18.5 Å². The number of carbonyl (C=O) groups is 4. The van der Waals surface area contributed by atoms with E-state index in [1.807, 2.05) is 6.07 Å². The maximum Gasteiger partial charge on any atom is 0.407 e. The fourth-order valence-electron chi connectivity index (χ4n) is 2.97. The average Bonchev–Trinajstić information content (AvgIpc) is 2.70. The van der Waals surface area contributed by atoms with E-state index in [0.29, 0.717) is 0 Å². The number of carbonyl (C=O) groups excluding carboxylic acids is 4. The summed E-state index contributed by atoms with van der Waals surface area (Å²) in [5, 5.41) is 12.8. The Morgan fingerprint density at radius 3 is 2.13 bits per heavy atom. The highest BCUT2D eigenvalue weighted by Crippen LogP contribution is 2.26. The molecule has 1 heterocycles. The van der Waals surface area contributed by atoms with Crippen LogP contribution in [0.15, 0.2) is 30.3 Å². The van der Waals surface area contributed by atoms with Gasteiger partial charge in [-0.3, -0.25) is 14.4 Å². The molecule has 2 rings (SSSR count). The van der Waals surface area contributed by atoms with E-state index in [9.17, 15) is 24.3 Å². The molecule has 0 aliphatic carbocycles. The van der Waals surface area contributed by atoms with E-state index in [2.05, 4.69) is 5.32 Å². The van der Waals surface area contributed by atoms with Crippen LogP contribution in [0.25, 0.3) is 0 Å². The smallest absolute Gasteiger partial charge is 0.407 e. The third-order valence-corrected chi connectivity index (χ3v) is 4.22. The highest BCUT2D eigenvalue weighted by molar-refractivity contribution is 5.69. The van der Waals surface area contributed by atoms with Gasteiger partial charge in [-0.15, -0.1) is 0 Å². The van der Waals surface area contributed by atoms with E-state index in [0.717, 1.165) is 26.3 Å². The number of aliphatic hydroxyl groups excluding tert-OH is 1. The van der Waals surface area contributed by atoms with Crippen molar-refractivity contribution >= 4 is 24.0 Å². The zero-order chi connectivity index (χ0) is 23.0.